The van der Waals surface area contributed by atoms with E-state index in [1.165, 1.54) is 26.0 Å². The van der Waals surface area contributed by atoms with Crippen LogP contribution in [0, 0.1) is 29.1 Å². The number of hydrogen-bond acceptors (Lipinski definition) is 4. The molecule has 0 radical (unpaired) electrons. The van der Waals surface area contributed by atoms with Gasteiger partial charge in [-0.15, -0.1) is 0 Å². The van der Waals surface area contributed by atoms with Gasteiger partial charge in [-0.25, -0.2) is 22.0 Å². The highest BCUT2D eigenvalue weighted by Gasteiger charge is 2.37. The van der Waals surface area contributed by atoms with Crippen molar-refractivity contribution < 1.29 is 36.0 Å². The van der Waals surface area contributed by atoms with Crippen molar-refractivity contribution >= 4 is 29.2 Å². The lowest BCUT2D eigenvalue weighted by atomic mass is 10.1. The van der Waals surface area contributed by atoms with Crippen LogP contribution in [0.3, 0.4) is 0 Å². The van der Waals surface area contributed by atoms with Gasteiger partial charge in [-0.05, 0) is 32.1 Å². The van der Waals surface area contributed by atoms with Gasteiger partial charge in [0.2, 0.25) is 5.82 Å². The highest BCUT2D eigenvalue weighted by molar-refractivity contribution is 6.32. The minimum atomic E-state index is -2.34. The van der Waals surface area contributed by atoms with Gasteiger partial charge in [0.25, 0.3) is 5.91 Å². The van der Waals surface area contributed by atoms with E-state index in [1.807, 2.05) is 0 Å². The first-order chi connectivity index (χ1) is 15.6. The molecule has 0 bridgehead atoms. The maximum atomic E-state index is 14.1. The zero-order valence-corrected chi connectivity index (χ0v) is 17.1. The Morgan fingerprint density at radius 2 is 1.48 bits per heavy atom. The molecule has 0 saturated heterocycles. The normalized spacial score (nSPS) is 14.9. The van der Waals surface area contributed by atoms with Crippen LogP contribution in [0.1, 0.15) is 30.0 Å². The molecule has 0 fully saturated rings. The van der Waals surface area contributed by atoms with Crippen molar-refractivity contribution in [1.82, 2.24) is 0 Å². The fraction of sp³-hybridized carbons (Fsp3) is 0.0870. The van der Waals surface area contributed by atoms with Gasteiger partial charge < -0.3 is 4.42 Å². The molecule has 2 aromatic carbocycles. The van der Waals surface area contributed by atoms with Crippen LogP contribution in [-0.2, 0) is 4.79 Å². The lowest BCUT2D eigenvalue weighted by Crippen LogP contribution is -2.25. The first-order valence-electron chi connectivity index (χ1n) is 9.44. The molecule has 33 heavy (non-hydrogen) atoms. The molecule has 168 valence electrons. The second-order valence-corrected chi connectivity index (χ2v) is 7.11. The van der Waals surface area contributed by atoms with E-state index >= 15 is 0 Å². The van der Waals surface area contributed by atoms with Crippen molar-refractivity contribution in [3.63, 3.8) is 0 Å². The van der Waals surface area contributed by atoms with E-state index in [0.29, 0.717) is 16.9 Å². The fourth-order valence-corrected chi connectivity index (χ4v) is 3.21. The number of halogens is 5. The Morgan fingerprint density at radius 3 is 2.06 bits per heavy atom. The van der Waals surface area contributed by atoms with Gasteiger partial charge in [-0.3, -0.25) is 9.59 Å². The maximum Gasteiger partial charge on any atom is 0.280 e. The second-order valence-electron chi connectivity index (χ2n) is 7.11. The maximum absolute atomic E-state index is 14.1. The molecule has 2 heterocycles. The summed E-state index contributed by atoms with van der Waals surface area (Å²) in [6.07, 6.45) is 1.24. The highest BCUT2D eigenvalue weighted by Crippen LogP contribution is 2.34. The minimum Gasteiger partial charge on any atom is -0.457 e. The number of carbonyl (C=O) groups excluding carboxylic acids is 2. The van der Waals surface area contributed by atoms with Gasteiger partial charge in [0.1, 0.15) is 17.2 Å². The van der Waals surface area contributed by atoms with Gasteiger partial charge in [0.15, 0.2) is 29.1 Å². The Kier molecular flexibility index (Phi) is 5.44. The average molecular weight is 460 g/mol. The van der Waals surface area contributed by atoms with E-state index in [0.717, 1.165) is 0 Å². The van der Waals surface area contributed by atoms with E-state index in [1.54, 1.807) is 30.3 Å². The third-order valence-electron chi connectivity index (χ3n) is 4.95. The SMILES string of the molecule is CC(=O)c1ccc(-c2ccc(/C=C3\C(=O)N(c4c(F)c(F)c(F)c(F)c4F)N=C3C)o2)cc1. The van der Waals surface area contributed by atoms with Crippen LogP contribution in [0.2, 0.25) is 0 Å². The zero-order valence-electron chi connectivity index (χ0n) is 17.1. The van der Waals surface area contributed by atoms with Crippen LogP contribution in [-0.4, -0.2) is 17.4 Å². The van der Waals surface area contributed by atoms with Gasteiger partial charge in [0, 0.05) is 11.1 Å². The van der Waals surface area contributed by atoms with E-state index in [2.05, 4.69) is 5.10 Å². The number of carbonyl (C=O) groups is 2. The number of benzene rings is 2. The molecule has 5 nitrogen and oxygen atoms in total. The molecule has 0 saturated carbocycles. The van der Waals surface area contributed by atoms with Crippen LogP contribution >= 0.6 is 0 Å². The van der Waals surface area contributed by atoms with Gasteiger partial charge in [0.05, 0.1) is 11.3 Å². The number of Topliss-reactive ketones (excluding diaryl/α,β-unsaturated/α-hetero) is 1. The van der Waals surface area contributed by atoms with Crippen LogP contribution in [0.5, 0.6) is 0 Å². The minimum absolute atomic E-state index is 0.0206. The molecule has 0 N–H and O–H groups in total. The molecule has 1 aliphatic heterocycles. The summed E-state index contributed by atoms with van der Waals surface area (Å²) >= 11 is 0. The number of hydrogen-bond donors (Lipinski definition) is 0. The number of rotatable bonds is 4. The lowest BCUT2D eigenvalue weighted by molar-refractivity contribution is -0.114. The summed E-state index contributed by atoms with van der Waals surface area (Å²) < 4.78 is 74.4. The smallest absolute Gasteiger partial charge is 0.280 e. The standard InChI is InChI=1S/C23H13F5N2O3/c1-10-15(9-14-7-8-16(33-14)13-5-3-12(4-6-13)11(2)31)23(32)30(29-10)22-20(27)18(25)17(24)19(26)21(22)28/h3-9H,1-2H3/b15-9-. The summed E-state index contributed by atoms with van der Waals surface area (Å²) in [6.45, 7) is 2.77. The van der Waals surface area contributed by atoms with Crippen LogP contribution in [0.25, 0.3) is 17.4 Å². The van der Waals surface area contributed by atoms with Crippen LogP contribution in [0.15, 0.2) is 51.5 Å². The summed E-state index contributed by atoms with van der Waals surface area (Å²) in [5.41, 5.74) is -0.482. The molecule has 0 spiro atoms. The first-order valence-corrected chi connectivity index (χ1v) is 9.44. The molecular formula is C23H13F5N2O3. The average Bonchev–Trinajstić information content (AvgIpc) is 3.37. The van der Waals surface area contributed by atoms with Crippen molar-refractivity contribution in [2.75, 3.05) is 5.01 Å². The number of furan rings is 1. The Morgan fingerprint density at radius 1 is 0.909 bits per heavy atom. The molecule has 1 aromatic heterocycles. The molecule has 1 aliphatic rings. The van der Waals surface area contributed by atoms with Crippen molar-refractivity contribution in [2.45, 2.75) is 13.8 Å². The van der Waals surface area contributed by atoms with E-state index in [9.17, 15) is 31.5 Å². The quantitative estimate of drug-likeness (QED) is 0.166. The van der Waals surface area contributed by atoms with E-state index in [-0.39, 0.29) is 27.8 Å². The monoisotopic (exact) mass is 460 g/mol. The Labute approximate surface area is 183 Å². The van der Waals surface area contributed by atoms with Gasteiger partial charge >= 0.3 is 0 Å². The number of nitrogens with zero attached hydrogens (tertiary/aromatic N) is 2. The number of hydrazone groups is 1. The highest BCUT2D eigenvalue weighted by atomic mass is 19.2. The van der Waals surface area contributed by atoms with Crippen molar-refractivity contribution in [1.29, 1.82) is 0 Å². The summed E-state index contributed by atoms with van der Waals surface area (Å²) in [5, 5.41) is 3.79. The molecule has 3 aromatic rings. The fourth-order valence-electron chi connectivity index (χ4n) is 3.21. The largest absolute Gasteiger partial charge is 0.457 e. The third-order valence-corrected chi connectivity index (χ3v) is 4.95. The van der Waals surface area contributed by atoms with Crippen molar-refractivity contribution in [3.05, 3.63) is 82.4 Å². The lowest BCUT2D eigenvalue weighted by Gasteiger charge is -2.14. The first kappa shape index (κ1) is 22.1. The van der Waals surface area contributed by atoms with Crippen LogP contribution < -0.4 is 5.01 Å². The molecule has 4 rings (SSSR count). The number of ketones is 1. The van der Waals surface area contributed by atoms with Crippen molar-refractivity contribution in [3.8, 4) is 11.3 Å². The predicted octanol–water partition coefficient (Wildman–Crippen LogP) is 5.65. The van der Waals surface area contributed by atoms with Gasteiger partial charge in [-0.2, -0.15) is 10.1 Å². The number of anilines is 1. The molecule has 10 heteroatoms. The zero-order chi connectivity index (χ0) is 24.0. The summed E-state index contributed by atoms with van der Waals surface area (Å²) in [7, 11) is 0. The Balaban J connectivity index is 1.67. The summed E-state index contributed by atoms with van der Waals surface area (Å²) in [5.74, 6) is -11.7. The Hall–Kier alpha value is -4.08. The Bertz CT molecular complexity index is 1340. The predicted molar refractivity (Wildman–Crippen MR) is 109 cm³/mol. The third kappa shape index (κ3) is 3.73. The summed E-state index contributed by atoms with van der Waals surface area (Å²) in [4.78, 5) is 24.1. The number of amides is 1. The molecule has 1 amide bonds. The second kappa shape index (κ2) is 8.12. The van der Waals surface area contributed by atoms with E-state index < -0.39 is 40.7 Å². The molecule has 0 unspecified atom stereocenters. The molecule has 0 aliphatic carbocycles. The molecule has 0 atom stereocenters. The van der Waals surface area contributed by atoms with Gasteiger partial charge in [-0.1, -0.05) is 24.3 Å². The molecular weight excluding hydrogens is 447 g/mol. The van der Waals surface area contributed by atoms with E-state index in [4.69, 9.17) is 4.42 Å². The van der Waals surface area contributed by atoms with Crippen molar-refractivity contribution in [2.24, 2.45) is 5.10 Å². The summed E-state index contributed by atoms with van der Waals surface area (Å²) in [6, 6.07) is 9.70. The van der Waals surface area contributed by atoms with Crippen LogP contribution in [0.4, 0.5) is 27.6 Å². The topological polar surface area (TPSA) is 62.9 Å².